The second kappa shape index (κ2) is 4.01. The van der Waals surface area contributed by atoms with Crippen molar-refractivity contribution in [2.75, 3.05) is 0 Å². The van der Waals surface area contributed by atoms with E-state index in [1.165, 1.54) is 31.7 Å². The van der Waals surface area contributed by atoms with Gasteiger partial charge in [0.2, 0.25) is 0 Å². The van der Waals surface area contributed by atoms with E-state index >= 15 is 0 Å². The monoisotopic (exact) mass is 238 g/mol. The highest BCUT2D eigenvalue weighted by Gasteiger charge is 2.09. The van der Waals surface area contributed by atoms with Crippen molar-refractivity contribution in [3.05, 3.63) is 59.7 Å². The van der Waals surface area contributed by atoms with Crippen LogP contribution in [0.4, 0.5) is 0 Å². The molecule has 0 saturated heterocycles. The molecule has 17 heavy (non-hydrogen) atoms. The van der Waals surface area contributed by atoms with Gasteiger partial charge in [-0.2, -0.15) is 0 Å². The molecule has 1 aromatic heterocycles. The Morgan fingerprint density at radius 3 is 2.41 bits per heavy atom. The molecule has 0 radical (unpaired) electrons. The van der Waals surface area contributed by atoms with Crippen molar-refractivity contribution in [2.24, 2.45) is 0 Å². The van der Waals surface area contributed by atoms with Crippen molar-refractivity contribution in [3.63, 3.8) is 0 Å². The third kappa shape index (κ3) is 1.77. The third-order valence-electron chi connectivity index (χ3n) is 3.13. The summed E-state index contributed by atoms with van der Waals surface area (Å²) in [4.78, 5) is 1.39. The molecule has 3 aromatic rings. The maximum absolute atomic E-state index is 2.29. The van der Waals surface area contributed by atoms with Crippen molar-refractivity contribution in [2.45, 2.75) is 13.8 Å². The van der Waals surface area contributed by atoms with Gasteiger partial charge in [-0.05, 0) is 36.4 Å². The Morgan fingerprint density at radius 2 is 1.65 bits per heavy atom. The first-order chi connectivity index (χ1) is 8.25. The van der Waals surface area contributed by atoms with Gasteiger partial charge in [0.25, 0.3) is 0 Å². The van der Waals surface area contributed by atoms with Crippen molar-refractivity contribution < 1.29 is 0 Å². The summed E-state index contributed by atoms with van der Waals surface area (Å²) in [5, 5.41) is 1.40. The van der Waals surface area contributed by atoms with Gasteiger partial charge in [-0.15, -0.1) is 11.3 Å². The highest BCUT2D eigenvalue weighted by molar-refractivity contribution is 7.22. The summed E-state index contributed by atoms with van der Waals surface area (Å²) in [5.41, 5.74) is 4.06. The maximum Gasteiger partial charge on any atom is 0.0384 e. The topological polar surface area (TPSA) is 0 Å². The lowest BCUT2D eigenvalue weighted by atomic mass is 10.1. The van der Waals surface area contributed by atoms with Gasteiger partial charge in [-0.3, -0.25) is 0 Å². The van der Waals surface area contributed by atoms with Crippen molar-refractivity contribution in [3.8, 4) is 10.4 Å². The van der Waals surface area contributed by atoms with Crippen molar-refractivity contribution in [1.82, 2.24) is 0 Å². The number of hydrogen-bond donors (Lipinski definition) is 0. The lowest BCUT2D eigenvalue weighted by Crippen LogP contribution is -1.76. The third-order valence-corrected chi connectivity index (χ3v) is 4.45. The first-order valence-corrected chi connectivity index (χ1v) is 6.62. The van der Waals surface area contributed by atoms with Crippen LogP contribution in [0.2, 0.25) is 0 Å². The summed E-state index contributed by atoms with van der Waals surface area (Å²) >= 11 is 1.89. The number of benzene rings is 2. The number of aryl methyl sites for hydroxylation is 2. The molecule has 0 atom stereocenters. The quantitative estimate of drug-likeness (QED) is 0.547. The van der Waals surface area contributed by atoms with Gasteiger partial charge in [0.1, 0.15) is 0 Å². The lowest BCUT2D eigenvalue weighted by molar-refractivity contribution is 1.49. The molecule has 0 aliphatic carbocycles. The molecule has 0 unspecified atom stereocenters. The Balaban J connectivity index is 2.28. The van der Waals surface area contributed by atoms with Crippen molar-refractivity contribution in [1.29, 1.82) is 0 Å². The fourth-order valence-electron chi connectivity index (χ4n) is 2.20. The van der Waals surface area contributed by atoms with Gasteiger partial charge in [0.15, 0.2) is 0 Å². The highest BCUT2D eigenvalue weighted by atomic mass is 32.1. The second-order valence-electron chi connectivity index (χ2n) is 4.42. The van der Waals surface area contributed by atoms with Crippen LogP contribution in [0.25, 0.3) is 20.5 Å². The van der Waals surface area contributed by atoms with E-state index in [2.05, 4.69) is 62.4 Å². The van der Waals surface area contributed by atoms with E-state index in [0.29, 0.717) is 0 Å². The predicted octanol–water partition coefficient (Wildman–Crippen LogP) is 5.19. The lowest BCUT2D eigenvalue weighted by Gasteiger charge is -1.98. The largest absolute Gasteiger partial charge is 0.135 e. The number of thiophene rings is 1. The van der Waals surface area contributed by atoms with Crippen LogP contribution in [0.1, 0.15) is 11.1 Å². The molecular formula is C16H14S. The van der Waals surface area contributed by atoms with Gasteiger partial charge in [-0.25, -0.2) is 0 Å². The summed E-state index contributed by atoms with van der Waals surface area (Å²) in [6.45, 7) is 4.37. The smallest absolute Gasteiger partial charge is 0.0384 e. The Kier molecular flexibility index (Phi) is 2.49. The Labute approximate surface area is 106 Å². The zero-order valence-electron chi connectivity index (χ0n) is 10.0. The zero-order valence-corrected chi connectivity index (χ0v) is 10.8. The molecule has 0 saturated carbocycles. The van der Waals surface area contributed by atoms with Crippen LogP contribution >= 0.6 is 11.3 Å². The van der Waals surface area contributed by atoms with Crippen LogP contribution < -0.4 is 0 Å². The molecule has 1 heterocycles. The van der Waals surface area contributed by atoms with E-state index in [0.717, 1.165) is 0 Å². The fourth-order valence-corrected chi connectivity index (χ4v) is 3.39. The average Bonchev–Trinajstić information content (AvgIpc) is 2.68. The average molecular weight is 238 g/mol. The molecule has 0 amide bonds. The van der Waals surface area contributed by atoms with Gasteiger partial charge in [0, 0.05) is 9.58 Å². The van der Waals surface area contributed by atoms with Gasteiger partial charge in [0.05, 0.1) is 0 Å². The first kappa shape index (κ1) is 10.5. The predicted molar refractivity (Wildman–Crippen MR) is 76.7 cm³/mol. The number of fused-ring (bicyclic) bond motifs is 1. The van der Waals surface area contributed by atoms with Crippen LogP contribution in [-0.2, 0) is 0 Å². The summed E-state index contributed by atoms with van der Waals surface area (Å²) in [5.74, 6) is 0. The van der Waals surface area contributed by atoms with Crippen LogP contribution in [-0.4, -0.2) is 0 Å². The molecule has 0 aliphatic rings. The molecule has 1 heteroatoms. The minimum absolute atomic E-state index is 1.32. The fraction of sp³-hybridized carbons (Fsp3) is 0.125. The zero-order chi connectivity index (χ0) is 11.8. The Hall–Kier alpha value is -1.60. The van der Waals surface area contributed by atoms with E-state index < -0.39 is 0 Å². The summed E-state index contributed by atoms with van der Waals surface area (Å²) < 4.78 is 1.38. The molecule has 0 nitrogen and oxygen atoms in total. The number of hydrogen-bond acceptors (Lipinski definition) is 1. The summed E-state index contributed by atoms with van der Waals surface area (Å²) in [6.07, 6.45) is 0. The van der Waals surface area contributed by atoms with E-state index in [1.54, 1.807) is 0 Å². The minimum Gasteiger partial charge on any atom is -0.135 e. The Bertz CT molecular complexity index is 663. The molecule has 0 N–H and O–H groups in total. The van der Waals surface area contributed by atoms with E-state index in [4.69, 9.17) is 0 Å². The summed E-state index contributed by atoms with van der Waals surface area (Å²) in [7, 11) is 0. The minimum atomic E-state index is 1.32. The SMILES string of the molecule is Cc1ccc2sc(-c3ccccc3)c(C)c2c1. The molecule has 84 valence electrons. The number of rotatable bonds is 1. The maximum atomic E-state index is 2.29. The molecule has 0 aliphatic heterocycles. The molecule has 0 bridgehead atoms. The standard InChI is InChI=1S/C16H14S/c1-11-8-9-15-14(10-11)12(2)16(17-15)13-6-4-3-5-7-13/h3-10H,1-2H3. The Morgan fingerprint density at radius 1 is 0.882 bits per heavy atom. The first-order valence-electron chi connectivity index (χ1n) is 5.81. The second-order valence-corrected chi connectivity index (χ2v) is 5.47. The molecule has 3 rings (SSSR count). The van der Waals surface area contributed by atoms with Gasteiger partial charge in [-0.1, -0.05) is 48.0 Å². The van der Waals surface area contributed by atoms with E-state index in [1.807, 2.05) is 11.3 Å². The van der Waals surface area contributed by atoms with Crippen LogP contribution in [0.15, 0.2) is 48.5 Å². The van der Waals surface area contributed by atoms with Crippen LogP contribution in [0.5, 0.6) is 0 Å². The highest BCUT2D eigenvalue weighted by Crippen LogP contribution is 2.38. The van der Waals surface area contributed by atoms with E-state index in [9.17, 15) is 0 Å². The molecule has 2 aromatic carbocycles. The normalized spacial score (nSPS) is 10.9. The van der Waals surface area contributed by atoms with Gasteiger partial charge < -0.3 is 0 Å². The van der Waals surface area contributed by atoms with Gasteiger partial charge >= 0.3 is 0 Å². The van der Waals surface area contributed by atoms with Crippen LogP contribution in [0.3, 0.4) is 0 Å². The van der Waals surface area contributed by atoms with E-state index in [-0.39, 0.29) is 0 Å². The summed E-state index contributed by atoms with van der Waals surface area (Å²) in [6, 6.07) is 17.3. The van der Waals surface area contributed by atoms with Crippen LogP contribution in [0, 0.1) is 13.8 Å². The molecule has 0 fully saturated rings. The molecular weight excluding hydrogens is 224 g/mol. The molecule has 0 spiro atoms. The van der Waals surface area contributed by atoms with Crippen molar-refractivity contribution >= 4 is 21.4 Å².